The average molecular weight is 279 g/mol. The van der Waals surface area contributed by atoms with E-state index in [4.69, 9.17) is 4.89 Å². The molecule has 0 saturated heterocycles. The highest BCUT2D eigenvalue weighted by Gasteiger charge is 2.07. The van der Waals surface area contributed by atoms with Gasteiger partial charge < -0.3 is 0 Å². The highest BCUT2D eigenvalue weighted by Crippen LogP contribution is 2.17. The Bertz CT molecular complexity index is 374. The Hall–Kier alpha value is -0.980. The molecule has 1 atom stereocenters. The van der Waals surface area contributed by atoms with E-state index in [0.29, 0.717) is 6.16 Å². The van der Waals surface area contributed by atoms with E-state index in [1.54, 1.807) is 0 Å². The minimum absolute atomic E-state index is 0.467. The van der Waals surface area contributed by atoms with Crippen molar-refractivity contribution in [3.63, 3.8) is 0 Å². The fourth-order valence-corrected chi connectivity index (χ4v) is 2.49. The monoisotopic (exact) mass is 279 g/mol. The molecule has 0 spiro atoms. The lowest BCUT2D eigenvalue weighted by Gasteiger charge is -1.98. The molecule has 104 valence electrons. The maximum atomic E-state index is 10.5. The third-order valence-electron chi connectivity index (χ3n) is 3.08. The van der Waals surface area contributed by atoms with Crippen molar-refractivity contribution < 1.29 is 9.46 Å². The summed E-state index contributed by atoms with van der Waals surface area (Å²) in [6, 6.07) is 10.4. The van der Waals surface area contributed by atoms with Gasteiger partial charge in [-0.15, -0.1) is 0 Å². The summed E-state index contributed by atoms with van der Waals surface area (Å²) < 4.78 is 10.5. The zero-order valence-corrected chi connectivity index (χ0v) is 12.4. The zero-order valence-electron chi connectivity index (χ0n) is 11.5. The molecule has 0 aliphatic rings. The maximum absolute atomic E-state index is 10.5. The van der Waals surface area contributed by atoms with Crippen LogP contribution in [0.4, 0.5) is 0 Å². The van der Waals surface area contributed by atoms with Crippen molar-refractivity contribution in [2.24, 2.45) is 0 Å². The predicted molar refractivity (Wildman–Crippen MR) is 82.5 cm³/mol. The molecule has 0 aliphatic carbocycles. The van der Waals surface area contributed by atoms with Gasteiger partial charge in [0, 0.05) is 0 Å². The third-order valence-corrected chi connectivity index (χ3v) is 3.78. The molecule has 3 heteroatoms. The minimum atomic E-state index is -1.91. The summed E-state index contributed by atoms with van der Waals surface area (Å²) in [5.74, 6) is 0. The van der Waals surface area contributed by atoms with Crippen molar-refractivity contribution >= 4 is 14.1 Å². The van der Waals surface area contributed by atoms with E-state index in [1.807, 2.05) is 6.07 Å². The molecule has 1 aromatic rings. The van der Waals surface area contributed by atoms with Gasteiger partial charge in [-0.3, -0.25) is 0 Å². The predicted octanol–water partition coefficient (Wildman–Crippen LogP) is 5.17. The zero-order chi connectivity index (χ0) is 13.8. The van der Waals surface area contributed by atoms with Crippen LogP contribution in [-0.2, 0) is 4.57 Å². The summed E-state index contributed by atoms with van der Waals surface area (Å²) in [5, 5.41) is 0. The van der Waals surface area contributed by atoms with Gasteiger partial charge in [0.05, 0.1) is 0 Å². The Morgan fingerprint density at radius 3 is 2.26 bits per heavy atom. The number of rotatable bonds is 10. The second-order valence-corrected chi connectivity index (χ2v) is 5.95. The molecular weight excluding hydrogens is 255 g/mol. The number of allylic oxidation sites excluding steroid dienone is 1. The van der Waals surface area contributed by atoms with Gasteiger partial charge in [-0.25, -0.2) is 0 Å². The molecule has 1 rings (SSSR count). The topological polar surface area (TPSA) is 37.3 Å². The van der Waals surface area contributed by atoms with Crippen LogP contribution in [0.5, 0.6) is 0 Å². The van der Waals surface area contributed by atoms with Crippen LogP contribution >= 0.6 is 8.03 Å². The van der Waals surface area contributed by atoms with Crippen LogP contribution in [-0.4, -0.2) is 11.1 Å². The van der Waals surface area contributed by atoms with Crippen LogP contribution in [0.3, 0.4) is 0 Å². The number of hydrogen-bond acceptors (Lipinski definition) is 1. The van der Waals surface area contributed by atoms with Crippen molar-refractivity contribution in [1.82, 2.24) is 0 Å². The van der Waals surface area contributed by atoms with Gasteiger partial charge in [-0.1, -0.05) is 61.7 Å². The average Bonchev–Trinajstić information content (AvgIpc) is 2.42. The summed E-state index contributed by atoms with van der Waals surface area (Å²) in [6.07, 6.45) is 12.9. The molecule has 1 aromatic carbocycles. The summed E-state index contributed by atoms with van der Waals surface area (Å²) in [5.41, 5.74) is 1.26. The Morgan fingerprint density at radius 2 is 1.58 bits per heavy atom. The summed E-state index contributed by atoms with van der Waals surface area (Å²) >= 11 is 0. The molecular formula is C16H24O2P+. The molecule has 0 fully saturated rings. The van der Waals surface area contributed by atoms with E-state index in [-0.39, 0.29) is 0 Å². The van der Waals surface area contributed by atoms with Crippen molar-refractivity contribution in [2.45, 2.75) is 44.9 Å². The van der Waals surface area contributed by atoms with Gasteiger partial charge in [0.25, 0.3) is 0 Å². The van der Waals surface area contributed by atoms with E-state index in [1.165, 1.54) is 31.2 Å². The summed E-state index contributed by atoms with van der Waals surface area (Å²) in [6.45, 7) is 0. The van der Waals surface area contributed by atoms with Crippen LogP contribution in [0.1, 0.15) is 50.5 Å². The summed E-state index contributed by atoms with van der Waals surface area (Å²) in [7, 11) is -1.91. The van der Waals surface area contributed by atoms with Gasteiger partial charge in [0.1, 0.15) is 0 Å². The highest BCUT2D eigenvalue weighted by molar-refractivity contribution is 7.37. The molecule has 0 amide bonds. The SMILES string of the molecule is O=[P+](O)CCCCCCCCC=Cc1ccccc1. The Labute approximate surface area is 117 Å². The molecule has 0 heterocycles. The van der Waals surface area contributed by atoms with E-state index in [0.717, 1.165) is 19.3 Å². The first kappa shape index (κ1) is 16.1. The van der Waals surface area contributed by atoms with Gasteiger partial charge >= 0.3 is 8.03 Å². The smallest absolute Gasteiger partial charge is 0.161 e. The Balaban J connectivity index is 1.91. The maximum Gasteiger partial charge on any atom is 0.505 e. The second-order valence-electron chi connectivity index (χ2n) is 4.80. The normalized spacial score (nSPS) is 11.9. The largest absolute Gasteiger partial charge is 0.505 e. The number of hydrogen-bond donors (Lipinski definition) is 1. The molecule has 0 radical (unpaired) electrons. The van der Waals surface area contributed by atoms with Crippen LogP contribution < -0.4 is 0 Å². The second kappa shape index (κ2) is 10.9. The lowest BCUT2D eigenvalue weighted by atomic mass is 10.1. The molecule has 0 saturated carbocycles. The van der Waals surface area contributed by atoms with Crippen molar-refractivity contribution in [3.8, 4) is 0 Å². The van der Waals surface area contributed by atoms with E-state index in [2.05, 4.69) is 36.4 Å². The van der Waals surface area contributed by atoms with E-state index < -0.39 is 8.03 Å². The minimum Gasteiger partial charge on any atom is -0.161 e. The van der Waals surface area contributed by atoms with Gasteiger partial charge in [0.15, 0.2) is 6.16 Å². The fraction of sp³-hybridized carbons (Fsp3) is 0.500. The molecule has 1 N–H and O–H groups in total. The molecule has 0 aliphatic heterocycles. The van der Waals surface area contributed by atoms with Crippen molar-refractivity contribution in [1.29, 1.82) is 0 Å². The van der Waals surface area contributed by atoms with E-state index in [9.17, 15) is 4.57 Å². The molecule has 1 unspecified atom stereocenters. The fourth-order valence-electron chi connectivity index (χ4n) is 2.00. The third kappa shape index (κ3) is 9.58. The van der Waals surface area contributed by atoms with E-state index >= 15 is 0 Å². The van der Waals surface area contributed by atoms with Crippen LogP contribution in [0.15, 0.2) is 36.4 Å². The lowest BCUT2D eigenvalue weighted by Crippen LogP contribution is -1.82. The quantitative estimate of drug-likeness (QED) is 0.474. The lowest BCUT2D eigenvalue weighted by molar-refractivity contribution is 0.498. The molecule has 0 bridgehead atoms. The van der Waals surface area contributed by atoms with Crippen molar-refractivity contribution in [3.05, 3.63) is 42.0 Å². The van der Waals surface area contributed by atoms with Gasteiger partial charge in [0.2, 0.25) is 0 Å². The molecule has 0 aromatic heterocycles. The van der Waals surface area contributed by atoms with Crippen LogP contribution in [0.25, 0.3) is 6.08 Å². The Morgan fingerprint density at radius 1 is 0.947 bits per heavy atom. The van der Waals surface area contributed by atoms with Crippen molar-refractivity contribution in [2.75, 3.05) is 6.16 Å². The van der Waals surface area contributed by atoms with Crippen LogP contribution in [0.2, 0.25) is 0 Å². The van der Waals surface area contributed by atoms with Gasteiger partial charge in [-0.2, -0.15) is 4.89 Å². The number of unbranched alkanes of at least 4 members (excludes halogenated alkanes) is 6. The number of benzene rings is 1. The molecule has 2 nitrogen and oxygen atoms in total. The van der Waals surface area contributed by atoms with Gasteiger partial charge in [-0.05, 0) is 35.8 Å². The van der Waals surface area contributed by atoms with Crippen LogP contribution in [0, 0.1) is 0 Å². The first-order chi connectivity index (χ1) is 9.29. The Kier molecular flexibility index (Phi) is 9.22. The summed E-state index contributed by atoms with van der Waals surface area (Å²) in [4.78, 5) is 8.65. The highest BCUT2D eigenvalue weighted by atomic mass is 31.1. The molecule has 19 heavy (non-hydrogen) atoms. The standard InChI is InChI=1S/C16H23O2P/c17-19(18)15-11-6-4-2-1-3-5-8-12-16-13-9-7-10-14-16/h7-10,12-14H,1-6,11,15H2/p+1. The first-order valence-electron chi connectivity index (χ1n) is 7.14. The first-order valence-corrected chi connectivity index (χ1v) is 8.54.